The van der Waals surface area contributed by atoms with Crippen LogP contribution in [0.25, 0.3) is 0 Å². The summed E-state index contributed by atoms with van der Waals surface area (Å²) in [5.41, 5.74) is 1.36. The SMILES string of the molecule is c1ccc(CCOC2CCNC2)cc1. The highest BCUT2D eigenvalue weighted by Gasteiger charge is 2.13. The number of nitrogens with one attached hydrogen (secondary N) is 1. The summed E-state index contributed by atoms with van der Waals surface area (Å²) in [4.78, 5) is 0. The first-order chi connectivity index (χ1) is 6.95. The van der Waals surface area contributed by atoms with Crippen molar-refractivity contribution in [3.8, 4) is 0 Å². The fourth-order valence-electron chi connectivity index (χ4n) is 1.76. The van der Waals surface area contributed by atoms with Gasteiger partial charge >= 0.3 is 0 Å². The molecule has 1 aromatic carbocycles. The van der Waals surface area contributed by atoms with Crippen LogP contribution in [0, 0.1) is 0 Å². The average Bonchev–Trinajstić information content (AvgIpc) is 2.72. The van der Waals surface area contributed by atoms with Crippen molar-refractivity contribution in [3.63, 3.8) is 0 Å². The van der Waals surface area contributed by atoms with E-state index in [4.69, 9.17) is 4.74 Å². The molecule has 76 valence electrons. The van der Waals surface area contributed by atoms with Gasteiger partial charge in [0.2, 0.25) is 0 Å². The Morgan fingerprint density at radius 2 is 2.14 bits per heavy atom. The summed E-state index contributed by atoms with van der Waals surface area (Å²) in [7, 11) is 0. The molecule has 1 atom stereocenters. The number of hydrogen-bond acceptors (Lipinski definition) is 2. The molecule has 0 radical (unpaired) electrons. The lowest BCUT2D eigenvalue weighted by Gasteiger charge is -2.09. The largest absolute Gasteiger partial charge is 0.377 e. The summed E-state index contributed by atoms with van der Waals surface area (Å²) < 4.78 is 5.74. The van der Waals surface area contributed by atoms with Crippen LogP contribution < -0.4 is 5.32 Å². The molecule has 0 bridgehead atoms. The first-order valence-corrected chi connectivity index (χ1v) is 5.31. The summed E-state index contributed by atoms with van der Waals surface area (Å²) in [5, 5.41) is 3.30. The maximum atomic E-state index is 5.74. The van der Waals surface area contributed by atoms with Crippen molar-refractivity contribution in [1.82, 2.24) is 5.32 Å². The molecule has 1 aliphatic heterocycles. The van der Waals surface area contributed by atoms with Crippen molar-refractivity contribution in [2.75, 3.05) is 19.7 Å². The number of ether oxygens (including phenoxy) is 1. The van der Waals surface area contributed by atoms with E-state index in [1.54, 1.807) is 0 Å². The van der Waals surface area contributed by atoms with E-state index >= 15 is 0 Å². The van der Waals surface area contributed by atoms with Crippen LogP contribution in [0.1, 0.15) is 12.0 Å². The van der Waals surface area contributed by atoms with E-state index in [2.05, 4.69) is 29.6 Å². The van der Waals surface area contributed by atoms with Crippen molar-refractivity contribution in [2.24, 2.45) is 0 Å². The molecule has 0 amide bonds. The highest BCUT2D eigenvalue weighted by Crippen LogP contribution is 2.05. The van der Waals surface area contributed by atoms with Crippen LogP contribution in [-0.2, 0) is 11.2 Å². The number of rotatable bonds is 4. The van der Waals surface area contributed by atoms with E-state index in [1.807, 2.05) is 6.07 Å². The van der Waals surface area contributed by atoms with Crippen LogP contribution in [0.15, 0.2) is 30.3 Å². The van der Waals surface area contributed by atoms with Crippen molar-refractivity contribution >= 4 is 0 Å². The van der Waals surface area contributed by atoms with Gasteiger partial charge in [0, 0.05) is 6.54 Å². The maximum Gasteiger partial charge on any atom is 0.0711 e. The van der Waals surface area contributed by atoms with E-state index in [1.165, 1.54) is 5.56 Å². The van der Waals surface area contributed by atoms with Crippen molar-refractivity contribution in [2.45, 2.75) is 18.9 Å². The Morgan fingerprint density at radius 1 is 1.29 bits per heavy atom. The first kappa shape index (κ1) is 9.69. The summed E-state index contributed by atoms with van der Waals surface area (Å²) in [6.07, 6.45) is 2.63. The molecule has 14 heavy (non-hydrogen) atoms. The normalized spacial score (nSPS) is 21.3. The molecule has 2 heteroatoms. The Morgan fingerprint density at radius 3 is 2.86 bits per heavy atom. The molecule has 1 aliphatic rings. The number of hydrogen-bond donors (Lipinski definition) is 1. The molecule has 0 aliphatic carbocycles. The van der Waals surface area contributed by atoms with Crippen LogP contribution in [0.5, 0.6) is 0 Å². The van der Waals surface area contributed by atoms with E-state index in [0.717, 1.165) is 32.5 Å². The summed E-state index contributed by atoms with van der Waals surface area (Å²) in [6.45, 7) is 2.97. The summed E-state index contributed by atoms with van der Waals surface area (Å²) >= 11 is 0. The fourth-order valence-corrected chi connectivity index (χ4v) is 1.76. The second-order valence-corrected chi connectivity index (χ2v) is 3.72. The summed E-state index contributed by atoms with van der Waals surface area (Å²) in [5.74, 6) is 0. The summed E-state index contributed by atoms with van der Waals surface area (Å²) in [6, 6.07) is 10.5. The van der Waals surface area contributed by atoms with E-state index in [9.17, 15) is 0 Å². The highest BCUT2D eigenvalue weighted by molar-refractivity contribution is 5.14. The van der Waals surface area contributed by atoms with Gasteiger partial charge in [-0.15, -0.1) is 0 Å². The van der Waals surface area contributed by atoms with Crippen molar-refractivity contribution in [1.29, 1.82) is 0 Å². The lowest BCUT2D eigenvalue weighted by molar-refractivity contribution is 0.0694. The third-order valence-corrected chi connectivity index (χ3v) is 2.60. The standard InChI is InChI=1S/C12H17NO/c1-2-4-11(5-3-1)7-9-14-12-6-8-13-10-12/h1-5,12-13H,6-10H2. The van der Waals surface area contributed by atoms with Gasteiger partial charge in [-0.1, -0.05) is 30.3 Å². The minimum Gasteiger partial charge on any atom is -0.377 e. The minimum atomic E-state index is 0.443. The van der Waals surface area contributed by atoms with Gasteiger partial charge in [-0.05, 0) is 24.9 Å². The Bertz CT molecular complexity index is 254. The van der Waals surface area contributed by atoms with Gasteiger partial charge in [0.15, 0.2) is 0 Å². The molecule has 1 heterocycles. The molecule has 1 N–H and O–H groups in total. The van der Waals surface area contributed by atoms with E-state index < -0.39 is 0 Å². The topological polar surface area (TPSA) is 21.3 Å². The van der Waals surface area contributed by atoms with Crippen LogP contribution in [-0.4, -0.2) is 25.8 Å². The van der Waals surface area contributed by atoms with Gasteiger partial charge in [-0.2, -0.15) is 0 Å². The third kappa shape index (κ3) is 2.82. The predicted molar refractivity (Wildman–Crippen MR) is 57.4 cm³/mol. The van der Waals surface area contributed by atoms with Gasteiger partial charge < -0.3 is 10.1 Å². The second kappa shape index (κ2) is 5.13. The van der Waals surface area contributed by atoms with Gasteiger partial charge in [-0.3, -0.25) is 0 Å². The third-order valence-electron chi connectivity index (χ3n) is 2.60. The molecular weight excluding hydrogens is 174 g/mol. The molecule has 1 fully saturated rings. The monoisotopic (exact) mass is 191 g/mol. The molecule has 1 aromatic rings. The van der Waals surface area contributed by atoms with Gasteiger partial charge in [0.05, 0.1) is 12.7 Å². The van der Waals surface area contributed by atoms with E-state index in [0.29, 0.717) is 6.10 Å². The van der Waals surface area contributed by atoms with Crippen LogP contribution in [0.4, 0.5) is 0 Å². The maximum absolute atomic E-state index is 5.74. The molecule has 0 spiro atoms. The Hall–Kier alpha value is -0.860. The van der Waals surface area contributed by atoms with Crippen LogP contribution in [0.2, 0.25) is 0 Å². The molecule has 2 rings (SSSR count). The molecule has 0 saturated carbocycles. The average molecular weight is 191 g/mol. The van der Waals surface area contributed by atoms with Gasteiger partial charge in [-0.25, -0.2) is 0 Å². The predicted octanol–water partition coefficient (Wildman–Crippen LogP) is 1.61. The zero-order valence-corrected chi connectivity index (χ0v) is 8.41. The Balaban J connectivity index is 1.67. The lowest BCUT2D eigenvalue weighted by atomic mass is 10.2. The van der Waals surface area contributed by atoms with Gasteiger partial charge in [0.1, 0.15) is 0 Å². The zero-order valence-electron chi connectivity index (χ0n) is 8.41. The van der Waals surface area contributed by atoms with Crippen LogP contribution in [0.3, 0.4) is 0 Å². The van der Waals surface area contributed by atoms with Crippen LogP contribution >= 0.6 is 0 Å². The van der Waals surface area contributed by atoms with Crippen molar-refractivity contribution in [3.05, 3.63) is 35.9 Å². The second-order valence-electron chi connectivity index (χ2n) is 3.72. The van der Waals surface area contributed by atoms with E-state index in [-0.39, 0.29) is 0 Å². The lowest BCUT2D eigenvalue weighted by Crippen LogP contribution is -2.17. The molecular formula is C12H17NO. The van der Waals surface area contributed by atoms with Gasteiger partial charge in [0.25, 0.3) is 0 Å². The molecule has 2 nitrogen and oxygen atoms in total. The van der Waals surface area contributed by atoms with Crippen molar-refractivity contribution < 1.29 is 4.74 Å². The molecule has 1 unspecified atom stereocenters. The Kier molecular flexibility index (Phi) is 3.55. The quantitative estimate of drug-likeness (QED) is 0.780. The fraction of sp³-hybridized carbons (Fsp3) is 0.500. The molecule has 0 aromatic heterocycles. The highest BCUT2D eigenvalue weighted by atomic mass is 16.5. The molecule has 1 saturated heterocycles. The smallest absolute Gasteiger partial charge is 0.0711 e. The minimum absolute atomic E-state index is 0.443. The Labute approximate surface area is 85.3 Å². The number of benzene rings is 1. The zero-order chi connectivity index (χ0) is 9.64. The first-order valence-electron chi connectivity index (χ1n) is 5.31.